The van der Waals surface area contributed by atoms with Gasteiger partial charge in [0.05, 0.1) is 0 Å². The summed E-state index contributed by atoms with van der Waals surface area (Å²) in [5, 5.41) is 5.14. The topological polar surface area (TPSA) is 89.4 Å². The van der Waals surface area contributed by atoms with Crippen molar-refractivity contribution in [2.75, 3.05) is 13.1 Å². The van der Waals surface area contributed by atoms with Crippen LogP contribution in [0.2, 0.25) is 0 Å². The fourth-order valence-electron chi connectivity index (χ4n) is 2.27. The number of rotatable bonds is 4. The lowest BCUT2D eigenvalue weighted by molar-refractivity contribution is 0.276. The zero-order valence-corrected chi connectivity index (χ0v) is 9.33. The highest BCUT2D eigenvalue weighted by atomic mass is 32.2. The molecule has 2 atom stereocenters. The molecule has 4 N–H and O–H groups in total. The SMILES string of the molecule is CCN(C1CCCC1CN)S(N)(=O)=O. The average molecular weight is 221 g/mol. The molecule has 1 aliphatic carbocycles. The minimum atomic E-state index is -3.56. The second-order valence-corrected chi connectivity index (χ2v) is 5.24. The summed E-state index contributed by atoms with van der Waals surface area (Å²) in [7, 11) is -3.56. The molecule has 0 spiro atoms. The van der Waals surface area contributed by atoms with Crippen LogP contribution in [0.1, 0.15) is 26.2 Å². The highest BCUT2D eigenvalue weighted by Gasteiger charge is 2.35. The Bertz CT molecular complexity index is 278. The van der Waals surface area contributed by atoms with Crippen LogP contribution in [0.15, 0.2) is 0 Å². The van der Waals surface area contributed by atoms with E-state index in [2.05, 4.69) is 0 Å². The van der Waals surface area contributed by atoms with Gasteiger partial charge in [-0.05, 0) is 25.3 Å². The lowest BCUT2D eigenvalue weighted by Crippen LogP contribution is -2.46. The maximum Gasteiger partial charge on any atom is 0.277 e. The highest BCUT2D eigenvalue weighted by Crippen LogP contribution is 2.29. The average Bonchev–Trinajstić information content (AvgIpc) is 2.51. The molecular formula is C8H19N3O2S. The van der Waals surface area contributed by atoms with Crippen LogP contribution in [0.25, 0.3) is 0 Å². The van der Waals surface area contributed by atoms with E-state index in [-0.39, 0.29) is 12.0 Å². The molecule has 5 nitrogen and oxygen atoms in total. The van der Waals surface area contributed by atoms with Crippen molar-refractivity contribution in [1.82, 2.24) is 4.31 Å². The molecule has 0 amide bonds. The van der Waals surface area contributed by atoms with Gasteiger partial charge >= 0.3 is 0 Å². The van der Waals surface area contributed by atoms with Crippen molar-refractivity contribution in [3.8, 4) is 0 Å². The van der Waals surface area contributed by atoms with E-state index in [1.165, 1.54) is 4.31 Å². The minimum absolute atomic E-state index is 0.0139. The lowest BCUT2D eigenvalue weighted by Gasteiger charge is -2.28. The van der Waals surface area contributed by atoms with Gasteiger partial charge in [-0.3, -0.25) is 0 Å². The Kier molecular flexibility index (Phi) is 3.88. The van der Waals surface area contributed by atoms with Crippen molar-refractivity contribution in [3.05, 3.63) is 0 Å². The first-order valence-electron chi connectivity index (χ1n) is 5.00. The zero-order chi connectivity index (χ0) is 10.8. The van der Waals surface area contributed by atoms with Gasteiger partial charge < -0.3 is 5.73 Å². The molecule has 0 bridgehead atoms. The Morgan fingerprint density at radius 2 is 2.07 bits per heavy atom. The molecule has 6 heteroatoms. The first-order valence-corrected chi connectivity index (χ1v) is 6.50. The number of nitrogens with two attached hydrogens (primary N) is 2. The summed E-state index contributed by atoms with van der Waals surface area (Å²) in [5.74, 6) is 0.272. The minimum Gasteiger partial charge on any atom is -0.330 e. The zero-order valence-electron chi connectivity index (χ0n) is 8.52. The summed E-state index contributed by atoms with van der Waals surface area (Å²) in [6, 6.07) is 0.0139. The third-order valence-electron chi connectivity index (χ3n) is 2.93. The molecule has 0 aliphatic heterocycles. The van der Waals surface area contributed by atoms with Gasteiger partial charge in [0.15, 0.2) is 0 Å². The summed E-state index contributed by atoms with van der Waals surface area (Å²) in [4.78, 5) is 0. The van der Waals surface area contributed by atoms with Gasteiger partial charge in [-0.1, -0.05) is 13.3 Å². The molecule has 2 unspecified atom stereocenters. The Morgan fingerprint density at radius 3 is 2.50 bits per heavy atom. The molecule has 1 aliphatic rings. The second-order valence-electron chi connectivity index (χ2n) is 3.74. The van der Waals surface area contributed by atoms with E-state index in [0.29, 0.717) is 13.1 Å². The summed E-state index contributed by atoms with van der Waals surface area (Å²) in [5.41, 5.74) is 5.60. The quantitative estimate of drug-likeness (QED) is 0.679. The molecular weight excluding hydrogens is 202 g/mol. The monoisotopic (exact) mass is 221 g/mol. The van der Waals surface area contributed by atoms with Gasteiger partial charge in [-0.15, -0.1) is 0 Å². The van der Waals surface area contributed by atoms with E-state index in [0.717, 1.165) is 19.3 Å². The Morgan fingerprint density at radius 1 is 1.43 bits per heavy atom. The van der Waals surface area contributed by atoms with Gasteiger partial charge in [0.1, 0.15) is 0 Å². The van der Waals surface area contributed by atoms with Crippen LogP contribution in [0.3, 0.4) is 0 Å². The van der Waals surface area contributed by atoms with Crippen molar-refractivity contribution in [2.24, 2.45) is 16.8 Å². The van der Waals surface area contributed by atoms with E-state index in [4.69, 9.17) is 10.9 Å². The van der Waals surface area contributed by atoms with E-state index in [9.17, 15) is 8.42 Å². The maximum absolute atomic E-state index is 11.3. The van der Waals surface area contributed by atoms with E-state index in [1.54, 1.807) is 6.92 Å². The summed E-state index contributed by atoms with van der Waals surface area (Å²) < 4.78 is 23.9. The Hall–Kier alpha value is -0.170. The van der Waals surface area contributed by atoms with Crippen molar-refractivity contribution in [1.29, 1.82) is 0 Å². The first kappa shape index (κ1) is 11.9. The van der Waals surface area contributed by atoms with Crippen LogP contribution in [-0.4, -0.2) is 31.9 Å². The highest BCUT2D eigenvalue weighted by molar-refractivity contribution is 7.86. The Labute approximate surface area is 85.6 Å². The molecule has 84 valence electrons. The van der Waals surface area contributed by atoms with Gasteiger partial charge in [-0.25, -0.2) is 5.14 Å². The predicted octanol–water partition coefficient (Wildman–Crippen LogP) is -0.361. The smallest absolute Gasteiger partial charge is 0.277 e. The Balaban J connectivity index is 2.79. The number of hydrogen-bond acceptors (Lipinski definition) is 3. The van der Waals surface area contributed by atoms with Crippen molar-refractivity contribution >= 4 is 10.2 Å². The third kappa shape index (κ3) is 2.44. The van der Waals surface area contributed by atoms with E-state index >= 15 is 0 Å². The van der Waals surface area contributed by atoms with Crippen LogP contribution in [0.4, 0.5) is 0 Å². The standard InChI is InChI=1S/C8H19N3O2S/c1-2-11(14(10,12)13)8-5-3-4-7(8)6-9/h7-8H,2-6,9H2,1H3,(H2,10,12,13). The first-order chi connectivity index (χ1) is 6.50. The predicted molar refractivity (Wildman–Crippen MR) is 55.7 cm³/mol. The van der Waals surface area contributed by atoms with Gasteiger partial charge in [0.2, 0.25) is 0 Å². The van der Waals surface area contributed by atoms with Crippen LogP contribution in [0, 0.1) is 5.92 Å². The lowest BCUT2D eigenvalue weighted by atomic mass is 10.0. The van der Waals surface area contributed by atoms with Crippen LogP contribution in [-0.2, 0) is 10.2 Å². The van der Waals surface area contributed by atoms with Crippen molar-refractivity contribution in [3.63, 3.8) is 0 Å². The van der Waals surface area contributed by atoms with Crippen LogP contribution >= 0.6 is 0 Å². The fourth-order valence-corrected chi connectivity index (χ4v) is 3.29. The maximum atomic E-state index is 11.3. The molecule has 1 fully saturated rings. The normalized spacial score (nSPS) is 28.6. The summed E-state index contributed by atoms with van der Waals surface area (Å²) >= 11 is 0. The van der Waals surface area contributed by atoms with Crippen molar-refractivity contribution in [2.45, 2.75) is 32.2 Å². The summed E-state index contributed by atoms with van der Waals surface area (Å²) in [6.07, 6.45) is 2.93. The largest absolute Gasteiger partial charge is 0.330 e. The number of nitrogens with zero attached hydrogens (tertiary/aromatic N) is 1. The molecule has 0 heterocycles. The van der Waals surface area contributed by atoms with Crippen molar-refractivity contribution < 1.29 is 8.42 Å². The molecule has 1 saturated carbocycles. The van der Waals surface area contributed by atoms with Gasteiger partial charge in [0, 0.05) is 12.6 Å². The molecule has 0 aromatic rings. The fraction of sp³-hybridized carbons (Fsp3) is 1.00. The third-order valence-corrected chi connectivity index (χ3v) is 4.11. The molecule has 0 saturated heterocycles. The van der Waals surface area contributed by atoms with Crippen LogP contribution in [0.5, 0.6) is 0 Å². The summed E-state index contributed by atoms with van der Waals surface area (Å²) in [6.45, 7) is 2.77. The van der Waals surface area contributed by atoms with E-state index in [1.807, 2.05) is 0 Å². The number of hydrogen-bond donors (Lipinski definition) is 2. The second kappa shape index (κ2) is 4.57. The molecule has 0 aromatic heterocycles. The molecule has 1 rings (SSSR count). The molecule has 14 heavy (non-hydrogen) atoms. The van der Waals surface area contributed by atoms with E-state index < -0.39 is 10.2 Å². The molecule has 0 radical (unpaired) electrons. The van der Waals surface area contributed by atoms with Gasteiger partial charge in [-0.2, -0.15) is 12.7 Å². The molecule has 0 aromatic carbocycles. The van der Waals surface area contributed by atoms with Gasteiger partial charge in [0.25, 0.3) is 10.2 Å². The van der Waals surface area contributed by atoms with Crippen LogP contribution < -0.4 is 10.9 Å².